The number of hydrogen-bond acceptors (Lipinski definition) is 5. The van der Waals surface area contributed by atoms with Crippen molar-refractivity contribution in [2.24, 2.45) is 0 Å². The molecule has 1 aromatic rings. The number of benzene rings is 1. The van der Waals surface area contributed by atoms with Crippen LogP contribution >= 0.6 is 0 Å². The lowest BCUT2D eigenvalue weighted by atomic mass is 9.97. The smallest absolute Gasteiger partial charge is 0.410 e. The first-order valence-corrected chi connectivity index (χ1v) is 11.4. The predicted molar refractivity (Wildman–Crippen MR) is 120 cm³/mol. The third kappa shape index (κ3) is 6.86. The number of nitrogens with zero attached hydrogens (tertiary/aromatic N) is 3. The minimum atomic E-state index is -0.457. The molecule has 0 bridgehead atoms. The van der Waals surface area contributed by atoms with Crippen LogP contribution in [0.1, 0.15) is 52.0 Å². The Hall–Kier alpha value is -2.28. The van der Waals surface area contributed by atoms with E-state index < -0.39 is 5.60 Å². The van der Waals surface area contributed by atoms with Gasteiger partial charge in [-0.1, -0.05) is 30.3 Å². The fourth-order valence-electron chi connectivity index (χ4n) is 4.35. The molecular weight excluding hydrogens is 394 g/mol. The van der Waals surface area contributed by atoms with Crippen molar-refractivity contribution in [2.75, 3.05) is 33.2 Å². The van der Waals surface area contributed by atoms with Crippen molar-refractivity contribution in [1.29, 1.82) is 0 Å². The van der Waals surface area contributed by atoms with Crippen molar-refractivity contribution in [2.45, 2.75) is 70.7 Å². The van der Waals surface area contributed by atoms with E-state index in [1.807, 2.05) is 60.9 Å². The Kier molecular flexibility index (Phi) is 7.81. The minimum Gasteiger partial charge on any atom is -0.445 e. The molecule has 7 heteroatoms. The van der Waals surface area contributed by atoms with Gasteiger partial charge in [-0.05, 0) is 59.1 Å². The van der Waals surface area contributed by atoms with Gasteiger partial charge in [-0.3, -0.25) is 0 Å². The fourth-order valence-corrected chi connectivity index (χ4v) is 4.35. The third-order valence-corrected chi connectivity index (χ3v) is 6.20. The summed E-state index contributed by atoms with van der Waals surface area (Å²) >= 11 is 0. The average Bonchev–Trinajstić information content (AvgIpc) is 2.77. The average molecular weight is 432 g/mol. The van der Waals surface area contributed by atoms with Crippen LogP contribution in [0.2, 0.25) is 0 Å². The van der Waals surface area contributed by atoms with Crippen molar-refractivity contribution in [1.82, 2.24) is 14.7 Å². The van der Waals surface area contributed by atoms with Gasteiger partial charge in [0.25, 0.3) is 0 Å². The van der Waals surface area contributed by atoms with Crippen molar-refractivity contribution < 1.29 is 19.1 Å². The Bertz CT molecular complexity index is 718. The van der Waals surface area contributed by atoms with Crippen LogP contribution in [-0.2, 0) is 16.1 Å². The first-order valence-electron chi connectivity index (χ1n) is 11.4. The van der Waals surface area contributed by atoms with E-state index in [1.54, 1.807) is 0 Å². The van der Waals surface area contributed by atoms with Gasteiger partial charge in [-0.25, -0.2) is 9.59 Å². The van der Waals surface area contributed by atoms with E-state index in [4.69, 9.17) is 9.47 Å². The topological polar surface area (TPSA) is 62.3 Å². The van der Waals surface area contributed by atoms with Crippen LogP contribution in [0.25, 0.3) is 0 Å². The van der Waals surface area contributed by atoms with Gasteiger partial charge >= 0.3 is 12.2 Å². The van der Waals surface area contributed by atoms with Crippen LogP contribution in [0.3, 0.4) is 0 Å². The number of amides is 2. The van der Waals surface area contributed by atoms with E-state index in [0.29, 0.717) is 18.7 Å². The zero-order valence-electron chi connectivity index (χ0n) is 19.4. The molecule has 2 aliphatic rings. The molecular formula is C24H37N3O4. The van der Waals surface area contributed by atoms with Crippen LogP contribution < -0.4 is 0 Å². The van der Waals surface area contributed by atoms with Crippen molar-refractivity contribution in [3.63, 3.8) is 0 Å². The first-order chi connectivity index (χ1) is 14.7. The molecule has 0 N–H and O–H groups in total. The molecule has 0 atom stereocenters. The molecule has 2 aliphatic heterocycles. The van der Waals surface area contributed by atoms with E-state index in [1.165, 1.54) is 0 Å². The molecule has 2 amide bonds. The van der Waals surface area contributed by atoms with Gasteiger partial charge in [-0.2, -0.15) is 0 Å². The molecule has 31 heavy (non-hydrogen) atoms. The number of rotatable bonds is 4. The summed E-state index contributed by atoms with van der Waals surface area (Å²) in [6.07, 6.45) is 3.36. The summed E-state index contributed by atoms with van der Waals surface area (Å²) in [7, 11) is 2.18. The highest BCUT2D eigenvalue weighted by atomic mass is 16.6. The summed E-state index contributed by atoms with van der Waals surface area (Å²) in [5.74, 6) is 0. The molecule has 0 aliphatic carbocycles. The molecule has 0 unspecified atom stereocenters. The highest BCUT2D eigenvalue weighted by Crippen LogP contribution is 2.24. The number of hydrogen-bond donors (Lipinski definition) is 0. The number of ether oxygens (including phenoxy) is 2. The molecule has 7 nitrogen and oxygen atoms in total. The normalized spacial score (nSPS) is 18.9. The lowest BCUT2D eigenvalue weighted by molar-refractivity contribution is 0.0102. The van der Waals surface area contributed by atoms with Gasteiger partial charge in [0.15, 0.2) is 0 Å². The predicted octanol–water partition coefficient (Wildman–Crippen LogP) is 4.12. The van der Waals surface area contributed by atoms with Gasteiger partial charge in [-0.15, -0.1) is 0 Å². The third-order valence-electron chi connectivity index (χ3n) is 6.20. The second-order valence-electron chi connectivity index (χ2n) is 9.62. The molecule has 0 radical (unpaired) electrons. The summed E-state index contributed by atoms with van der Waals surface area (Å²) < 4.78 is 11.0. The Labute approximate surface area is 186 Å². The van der Waals surface area contributed by atoms with E-state index in [0.717, 1.165) is 57.4 Å². The van der Waals surface area contributed by atoms with Gasteiger partial charge in [0, 0.05) is 38.3 Å². The number of carbonyl (C=O) groups excluding carboxylic acids is 2. The van der Waals surface area contributed by atoms with Crippen LogP contribution in [0, 0.1) is 0 Å². The molecule has 0 aromatic heterocycles. The van der Waals surface area contributed by atoms with Crippen molar-refractivity contribution in [3.05, 3.63) is 35.9 Å². The Morgan fingerprint density at radius 3 is 1.87 bits per heavy atom. The first kappa shape index (κ1) is 23.4. The maximum atomic E-state index is 12.4. The summed E-state index contributed by atoms with van der Waals surface area (Å²) in [5, 5.41) is 0. The van der Waals surface area contributed by atoms with Crippen LogP contribution in [0.15, 0.2) is 30.3 Å². The summed E-state index contributed by atoms with van der Waals surface area (Å²) in [4.78, 5) is 30.8. The highest BCUT2D eigenvalue weighted by molar-refractivity contribution is 5.68. The molecule has 2 fully saturated rings. The number of carbonyl (C=O) groups is 2. The van der Waals surface area contributed by atoms with Gasteiger partial charge in [0.2, 0.25) is 0 Å². The van der Waals surface area contributed by atoms with Crippen LogP contribution in [-0.4, -0.2) is 77.8 Å². The lowest BCUT2D eigenvalue weighted by Crippen LogP contribution is -2.52. The number of likely N-dealkylation sites (tertiary alicyclic amines) is 2. The number of piperidine rings is 2. The quantitative estimate of drug-likeness (QED) is 0.718. The van der Waals surface area contributed by atoms with E-state index in [2.05, 4.69) is 11.9 Å². The largest absolute Gasteiger partial charge is 0.445 e. The van der Waals surface area contributed by atoms with E-state index in [-0.39, 0.29) is 12.2 Å². The van der Waals surface area contributed by atoms with Gasteiger partial charge in [0.1, 0.15) is 12.2 Å². The van der Waals surface area contributed by atoms with Crippen LogP contribution in [0.4, 0.5) is 9.59 Å². The zero-order chi connectivity index (χ0) is 22.4. The molecule has 172 valence electrons. The zero-order valence-corrected chi connectivity index (χ0v) is 19.4. The SMILES string of the molecule is CN(C1CCN(C(=O)OCc2ccccc2)CC1)C1CCN(C(=O)OC(C)(C)C)CC1. The van der Waals surface area contributed by atoms with E-state index in [9.17, 15) is 9.59 Å². The van der Waals surface area contributed by atoms with Crippen molar-refractivity contribution >= 4 is 12.2 Å². The fraction of sp³-hybridized carbons (Fsp3) is 0.667. The Morgan fingerprint density at radius 1 is 0.903 bits per heavy atom. The van der Waals surface area contributed by atoms with Crippen LogP contribution in [0.5, 0.6) is 0 Å². The molecule has 0 spiro atoms. The standard InChI is InChI=1S/C24H37N3O4/c1-24(2,3)31-23(29)27-16-12-21(13-17-27)25(4)20-10-14-26(15-11-20)22(28)30-18-19-8-6-5-7-9-19/h5-9,20-21H,10-18H2,1-4H3. The summed E-state index contributed by atoms with van der Waals surface area (Å²) in [6, 6.07) is 10.7. The van der Waals surface area contributed by atoms with Crippen molar-refractivity contribution in [3.8, 4) is 0 Å². The molecule has 2 heterocycles. The van der Waals surface area contributed by atoms with E-state index >= 15 is 0 Å². The maximum absolute atomic E-state index is 12.4. The summed E-state index contributed by atoms with van der Waals surface area (Å²) in [6.45, 7) is 8.91. The minimum absolute atomic E-state index is 0.212. The highest BCUT2D eigenvalue weighted by Gasteiger charge is 2.33. The monoisotopic (exact) mass is 431 g/mol. The maximum Gasteiger partial charge on any atom is 0.410 e. The molecule has 1 aromatic carbocycles. The second-order valence-corrected chi connectivity index (χ2v) is 9.62. The van der Waals surface area contributed by atoms with Gasteiger partial charge < -0.3 is 24.2 Å². The molecule has 2 saturated heterocycles. The Morgan fingerprint density at radius 2 is 1.39 bits per heavy atom. The lowest BCUT2D eigenvalue weighted by Gasteiger charge is -2.43. The Balaban J connectivity index is 1.39. The summed E-state index contributed by atoms with van der Waals surface area (Å²) in [5.41, 5.74) is 0.546. The van der Waals surface area contributed by atoms with Gasteiger partial charge in [0.05, 0.1) is 0 Å². The molecule has 3 rings (SSSR count). The second kappa shape index (κ2) is 10.4. The molecule has 0 saturated carbocycles.